The largest absolute Gasteiger partial charge is 0.416 e. The van der Waals surface area contributed by atoms with Gasteiger partial charge in [-0.05, 0) is 30.2 Å². The van der Waals surface area contributed by atoms with E-state index in [0.717, 1.165) is 24.0 Å². The fraction of sp³-hybridized carbons (Fsp3) is 0.222. The molecule has 0 amide bonds. The topological polar surface area (TPSA) is 38.7 Å². The number of nitrogens with zero attached hydrogens (tertiary/aromatic N) is 1. The molecule has 126 valence electrons. The Kier molecular flexibility index (Phi) is 5.73. The molecule has 0 fully saturated rings. The van der Waals surface area contributed by atoms with Crippen molar-refractivity contribution in [3.05, 3.63) is 71.3 Å². The van der Waals surface area contributed by atoms with Gasteiger partial charge in [0.25, 0.3) is 0 Å². The normalized spacial score (nSPS) is 13.4. The van der Waals surface area contributed by atoms with Gasteiger partial charge >= 0.3 is 6.18 Å². The van der Waals surface area contributed by atoms with Crippen LogP contribution in [0.2, 0.25) is 0 Å². The van der Waals surface area contributed by atoms with Crippen LogP contribution in [0.3, 0.4) is 0 Å². The van der Waals surface area contributed by atoms with Crippen molar-refractivity contribution in [2.45, 2.75) is 19.0 Å². The van der Waals surface area contributed by atoms with E-state index in [4.69, 9.17) is 4.84 Å². The second kappa shape index (κ2) is 7.77. The number of halogens is 3. The summed E-state index contributed by atoms with van der Waals surface area (Å²) in [6.45, 7) is 1.57. The monoisotopic (exact) mass is 335 g/mol. The average Bonchev–Trinajstić information content (AvgIpc) is 2.58. The third-order valence-corrected chi connectivity index (χ3v) is 3.46. The third-order valence-electron chi connectivity index (χ3n) is 3.46. The Morgan fingerprint density at radius 1 is 1.17 bits per heavy atom. The zero-order valence-electron chi connectivity index (χ0n) is 13.0. The second-order valence-electron chi connectivity index (χ2n) is 5.20. The summed E-state index contributed by atoms with van der Waals surface area (Å²) in [5, 5.41) is 3.82. The summed E-state index contributed by atoms with van der Waals surface area (Å²) in [5.74, 6) is -0.482. The summed E-state index contributed by atoms with van der Waals surface area (Å²) in [6.07, 6.45) is -3.66. The van der Waals surface area contributed by atoms with E-state index in [-0.39, 0.29) is 6.61 Å². The first-order valence-corrected chi connectivity index (χ1v) is 7.26. The molecule has 0 heterocycles. The van der Waals surface area contributed by atoms with Crippen molar-refractivity contribution in [3.63, 3.8) is 0 Å². The zero-order valence-corrected chi connectivity index (χ0v) is 13.0. The van der Waals surface area contributed by atoms with Crippen molar-refractivity contribution in [1.29, 1.82) is 0 Å². The number of oxime groups is 1. The van der Waals surface area contributed by atoms with Crippen molar-refractivity contribution in [2.75, 3.05) is 6.61 Å². The molecular formula is C18H16F3NO2. The number of aldehydes is 1. The van der Waals surface area contributed by atoms with Crippen molar-refractivity contribution in [1.82, 2.24) is 0 Å². The second-order valence-corrected chi connectivity index (χ2v) is 5.20. The molecule has 0 aromatic heterocycles. The Bertz CT molecular complexity index is 712. The maximum absolute atomic E-state index is 12.7. The summed E-state index contributed by atoms with van der Waals surface area (Å²) in [6, 6.07) is 13.9. The SMILES string of the molecule is CC(=NOCC(C=O)c1ccccc1)c1cccc(C(F)(F)F)c1. The minimum atomic E-state index is -4.41. The van der Waals surface area contributed by atoms with Crippen LogP contribution in [0.25, 0.3) is 0 Å². The number of carbonyl (C=O) groups excluding carboxylic acids is 1. The van der Waals surface area contributed by atoms with Crippen LogP contribution in [0, 0.1) is 0 Å². The Labute approximate surface area is 137 Å². The maximum Gasteiger partial charge on any atom is 0.416 e. The van der Waals surface area contributed by atoms with Gasteiger partial charge in [-0.25, -0.2) is 0 Å². The highest BCUT2D eigenvalue weighted by Gasteiger charge is 2.30. The fourth-order valence-corrected chi connectivity index (χ4v) is 2.10. The van der Waals surface area contributed by atoms with E-state index in [1.54, 1.807) is 19.1 Å². The molecule has 2 aromatic carbocycles. The highest BCUT2D eigenvalue weighted by Crippen LogP contribution is 2.29. The van der Waals surface area contributed by atoms with Gasteiger partial charge in [0.2, 0.25) is 0 Å². The molecule has 0 aliphatic rings. The number of hydrogen-bond donors (Lipinski definition) is 0. The van der Waals surface area contributed by atoms with Crippen LogP contribution in [-0.2, 0) is 15.8 Å². The number of alkyl halides is 3. The van der Waals surface area contributed by atoms with Crippen LogP contribution in [-0.4, -0.2) is 18.6 Å². The molecule has 0 spiro atoms. The molecule has 24 heavy (non-hydrogen) atoms. The summed E-state index contributed by atoms with van der Waals surface area (Å²) in [4.78, 5) is 16.3. The Balaban J connectivity index is 2.05. The number of rotatable bonds is 6. The lowest BCUT2D eigenvalue weighted by Gasteiger charge is -2.10. The molecule has 1 atom stereocenters. The summed E-state index contributed by atoms with van der Waals surface area (Å²) < 4.78 is 38.1. The van der Waals surface area contributed by atoms with Crippen LogP contribution in [0.1, 0.15) is 29.5 Å². The van der Waals surface area contributed by atoms with Crippen LogP contribution in [0.5, 0.6) is 0 Å². The lowest BCUT2D eigenvalue weighted by Crippen LogP contribution is -2.09. The molecule has 3 nitrogen and oxygen atoms in total. The summed E-state index contributed by atoms with van der Waals surface area (Å²) in [7, 11) is 0. The average molecular weight is 335 g/mol. The first kappa shape index (κ1) is 17.7. The lowest BCUT2D eigenvalue weighted by molar-refractivity contribution is -0.137. The molecule has 2 aromatic rings. The van der Waals surface area contributed by atoms with Gasteiger partial charge < -0.3 is 9.63 Å². The van der Waals surface area contributed by atoms with E-state index in [2.05, 4.69) is 5.16 Å². The van der Waals surface area contributed by atoms with Gasteiger partial charge in [0, 0.05) is 0 Å². The molecule has 2 rings (SSSR count). The molecule has 0 N–H and O–H groups in total. The number of benzene rings is 2. The molecule has 0 radical (unpaired) electrons. The molecular weight excluding hydrogens is 319 g/mol. The van der Waals surface area contributed by atoms with E-state index in [1.165, 1.54) is 12.1 Å². The van der Waals surface area contributed by atoms with Gasteiger partial charge in [0.1, 0.15) is 12.9 Å². The van der Waals surface area contributed by atoms with Gasteiger partial charge in [-0.15, -0.1) is 0 Å². The summed E-state index contributed by atoms with van der Waals surface area (Å²) in [5.41, 5.74) is 0.662. The highest BCUT2D eigenvalue weighted by atomic mass is 19.4. The van der Waals surface area contributed by atoms with Crippen LogP contribution in [0.15, 0.2) is 59.8 Å². The minimum absolute atomic E-state index is 0.0177. The number of hydrogen-bond acceptors (Lipinski definition) is 3. The Hall–Kier alpha value is -2.63. The third kappa shape index (κ3) is 4.68. The maximum atomic E-state index is 12.7. The Morgan fingerprint density at radius 2 is 1.88 bits per heavy atom. The molecule has 6 heteroatoms. The van der Waals surface area contributed by atoms with Gasteiger partial charge in [0.05, 0.1) is 17.2 Å². The van der Waals surface area contributed by atoms with Crippen molar-refractivity contribution in [3.8, 4) is 0 Å². The van der Waals surface area contributed by atoms with Gasteiger partial charge in [-0.1, -0.05) is 47.6 Å². The zero-order chi connectivity index (χ0) is 17.6. The molecule has 0 saturated heterocycles. The molecule has 0 bridgehead atoms. The predicted molar refractivity (Wildman–Crippen MR) is 84.9 cm³/mol. The minimum Gasteiger partial charge on any atom is -0.394 e. The van der Waals surface area contributed by atoms with E-state index < -0.39 is 17.7 Å². The molecule has 0 aliphatic carbocycles. The quantitative estimate of drug-likeness (QED) is 0.445. The summed E-state index contributed by atoms with van der Waals surface area (Å²) >= 11 is 0. The van der Waals surface area contributed by atoms with Gasteiger partial charge in [-0.2, -0.15) is 13.2 Å². The standard InChI is InChI=1S/C18H16F3NO2/c1-13(15-8-5-9-17(10-15)18(19,20)21)22-24-12-16(11-23)14-6-3-2-4-7-14/h2-11,16H,12H2,1H3. The molecule has 1 unspecified atom stereocenters. The Morgan fingerprint density at radius 3 is 2.50 bits per heavy atom. The highest BCUT2D eigenvalue weighted by molar-refractivity contribution is 5.98. The molecule has 0 aliphatic heterocycles. The first-order valence-electron chi connectivity index (χ1n) is 7.26. The fourth-order valence-electron chi connectivity index (χ4n) is 2.10. The molecule has 0 saturated carbocycles. The smallest absolute Gasteiger partial charge is 0.394 e. The van der Waals surface area contributed by atoms with Crippen molar-refractivity contribution in [2.24, 2.45) is 5.16 Å². The van der Waals surface area contributed by atoms with Gasteiger partial charge in [0.15, 0.2) is 0 Å². The van der Waals surface area contributed by atoms with E-state index in [0.29, 0.717) is 11.3 Å². The van der Waals surface area contributed by atoms with Crippen LogP contribution < -0.4 is 0 Å². The van der Waals surface area contributed by atoms with E-state index in [1.807, 2.05) is 18.2 Å². The van der Waals surface area contributed by atoms with Crippen molar-refractivity contribution < 1.29 is 22.8 Å². The predicted octanol–water partition coefficient (Wildman–Crippen LogP) is 4.43. The number of carbonyl (C=O) groups is 1. The van der Waals surface area contributed by atoms with Crippen LogP contribution in [0.4, 0.5) is 13.2 Å². The van der Waals surface area contributed by atoms with Crippen LogP contribution >= 0.6 is 0 Å². The lowest BCUT2D eigenvalue weighted by atomic mass is 10.0. The van der Waals surface area contributed by atoms with Gasteiger partial charge in [-0.3, -0.25) is 0 Å². The van der Waals surface area contributed by atoms with E-state index >= 15 is 0 Å². The van der Waals surface area contributed by atoms with Crippen molar-refractivity contribution >= 4 is 12.0 Å². The van der Waals surface area contributed by atoms with E-state index in [9.17, 15) is 18.0 Å². The first-order chi connectivity index (χ1) is 11.4.